The highest BCUT2D eigenvalue weighted by molar-refractivity contribution is 9.11. The number of nitrogens with zero attached hydrogens (tertiary/aromatic N) is 2. The smallest absolute Gasteiger partial charge is 0.273 e. The van der Waals surface area contributed by atoms with Gasteiger partial charge in [-0.3, -0.25) is 9.52 Å². The molecular formula is C17H14BrN3O4S3. The number of anilines is 2. The van der Waals surface area contributed by atoms with Crippen LogP contribution in [0.1, 0.15) is 6.92 Å². The van der Waals surface area contributed by atoms with Crippen LogP contribution in [0.15, 0.2) is 43.7 Å². The quantitative estimate of drug-likeness (QED) is 0.568. The van der Waals surface area contributed by atoms with Crippen LogP contribution in [0.3, 0.4) is 0 Å². The number of ether oxygens (including phenoxy) is 1. The van der Waals surface area contributed by atoms with Crippen molar-refractivity contribution in [1.29, 1.82) is 0 Å². The lowest BCUT2D eigenvalue weighted by Gasteiger charge is -2.28. The van der Waals surface area contributed by atoms with Crippen LogP contribution in [-0.4, -0.2) is 32.5 Å². The first kappa shape index (κ1) is 19.4. The number of thiophene rings is 1. The normalized spacial score (nSPS) is 13.9. The first-order valence-electron chi connectivity index (χ1n) is 8.18. The number of likely N-dealkylation sites (N-methyl/N-ethyl adjacent to an activating group) is 1. The van der Waals surface area contributed by atoms with Crippen molar-refractivity contribution in [3.63, 3.8) is 0 Å². The third-order valence-electron chi connectivity index (χ3n) is 4.05. The van der Waals surface area contributed by atoms with Gasteiger partial charge in [0.25, 0.3) is 15.9 Å². The van der Waals surface area contributed by atoms with Crippen LogP contribution in [0.25, 0.3) is 11.3 Å². The number of benzene rings is 1. The molecule has 0 atom stereocenters. The zero-order valence-electron chi connectivity index (χ0n) is 14.5. The number of fused-ring (bicyclic) bond motifs is 1. The molecule has 0 saturated heterocycles. The van der Waals surface area contributed by atoms with E-state index < -0.39 is 10.0 Å². The van der Waals surface area contributed by atoms with Crippen LogP contribution >= 0.6 is 38.6 Å². The van der Waals surface area contributed by atoms with Crippen LogP contribution in [0, 0.1) is 0 Å². The van der Waals surface area contributed by atoms with Gasteiger partial charge in [0.15, 0.2) is 11.7 Å². The first-order chi connectivity index (χ1) is 13.4. The van der Waals surface area contributed by atoms with E-state index in [0.717, 1.165) is 20.7 Å². The van der Waals surface area contributed by atoms with Gasteiger partial charge in [0.2, 0.25) is 0 Å². The number of amides is 1. The maximum atomic E-state index is 12.5. The molecule has 0 unspecified atom stereocenters. The van der Waals surface area contributed by atoms with Crippen molar-refractivity contribution in [2.75, 3.05) is 22.8 Å². The number of carbonyl (C=O) groups is 1. The fourth-order valence-corrected chi connectivity index (χ4v) is 6.75. The molecule has 2 aromatic heterocycles. The van der Waals surface area contributed by atoms with Gasteiger partial charge in [0.1, 0.15) is 9.96 Å². The molecule has 0 radical (unpaired) electrons. The first-order valence-corrected chi connectivity index (χ1v) is 12.2. The molecule has 1 aromatic carbocycles. The molecule has 0 bridgehead atoms. The van der Waals surface area contributed by atoms with Gasteiger partial charge in [-0.25, -0.2) is 13.4 Å². The second kappa shape index (κ2) is 7.47. The molecule has 1 amide bonds. The highest BCUT2D eigenvalue weighted by Crippen LogP contribution is 2.37. The van der Waals surface area contributed by atoms with E-state index in [2.05, 4.69) is 25.6 Å². The van der Waals surface area contributed by atoms with Crippen LogP contribution in [0.2, 0.25) is 0 Å². The molecule has 3 heterocycles. The highest BCUT2D eigenvalue weighted by Gasteiger charge is 2.25. The summed E-state index contributed by atoms with van der Waals surface area (Å²) in [5.74, 6) is 0.547. The monoisotopic (exact) mass is 499 g/mol. The summed E-state index contributed by atoms with van der Waals surface area (Å²) in [6.45, 7) is 2.47. The zero-order valence-corrected chi connectivity index (χ0v) is 18.5. The van der Waals surface area contributed by atoms with Crippen molar-refractivity contribution in [1.82, 2.24) is 4.98 Å². The molecule has 1 aliphatic heterocycles. The number of carbonyl (C=O) groups excluding carboxylic acids is 1. The van der Waals surface area contributed by atoms with Crippen molar-refractivity contribution in [2.24, 2.45) is 0 Å². The number of hydrogen-bond acceptors (Lipinski definition) is 7. The lowest BCUT2D eigenvalue weighted by molar-refractivity contribution is -0.121. The molecule has 4 rings (SSSR count). The molecule has 11 heteroatoms. The van der Waals surface area contributed by atoms with Gasteiger partial charge in [-0.1, -0.05) is 0 Å². The van der Waals surface area contributed by atoms with E-state index in [9.17, 15) is 13.2 Å². The Balaban J connectivity index is 1.61. The van der Waals surface area contributed by atoms with Gasteiger partial charge < -0.3 is 9.64 Å². The average molecular weight is 500 g/mol. The number of halogens is 1. The second-order valence-corrected chi connectivity index (χ2v) is 11.0. The maximum absolute atomic E-state index is 12.5. The molecule has 1 N–H and O–H groups in total. The van der Waals surface area contributed by atoms with Gasteiger partial charge >= 0.3 is 0 Å². The van der Waals surface area contributed by atoms with Crippen LogP contribution in [0.5, 0.6) is 5.75 Å². The van der Waals surface area contributed by atoms with E-state index in [-0.39, 0.29) is 21.9 Å². The molecule has 7 nitrogen and oxygen atoms in total. The topological polar surface area (TPSA) is 88.6 Å². The minimum absolute atomic E-state index is 0.0294. The number of thiazole rings is 1. The van der Waals surface area contributed by atoms with Gasteiger partial charge in [-0.05, 0) is 53.2 Å². The SMILES string of the molecule is CCN1C(=O)COc2ccc(-c3csc(NS(=O)(=O)c4ccc(Br)s4)n3)cc21. The van der Waals surface area contributed by atoms with E-state index in [4.69, 9.17) is 4.74 Å². The lowest BCUT2D eigenvalue weighted by Crippen LogP contribution is -2.38. The third kappa shape index (κ3) is 3.66. The molecule has 0 aliphatic carbocycles. The van der Waals surface area contributed by atoms with Crippen molar-refractivity contribution < 1.29 is 17.9 Å². The van der Waals surface area contributed by atoms with Crippen LogP contribution < -0.4 is 14.4 Å². The Morgan fingerprint density at radius 2 is 2.14 bits per heavy atom. The van der Waals surface area contributed by atoms with Crippen LogP contribution in [-0.2, 0) is 14.8 Å². The summed E-state index contributed by atoms with van der Waals surface area (Å²) in [7, 11) is -3.68. The number of nitrogens with one attached hydrogen (secondary N) is 1. The van der Waals surface area contributed by atoms with E-state index in [1.165, 1.54) is 17.4 Å². The Labute approximate surface area is 178 Å². The Morgan fingerprint density at radius 3 is 2.86 bits per heavy atom. The Morgan fingerprint density at radius 1 is 1.32 bits per heavy atom. The Bertz CT molecular complexity index is 1160. The number of aromatic nitrogens is 1. The predicted molar refractivity (Wildman–Crippen MR) is 114 cm³/mol. The van der Waals surface area contributed by atoms with Crippen LogP contribution in [0.4, 0.5) is 10.8 Å². The van der Waals surface area contributed by atoms with E-state index >= 15 is 0 Å². The van der Waals surface area contributed by atoms with Crippen molar-refractivity contribution in [3.05, 3.63) is 39.5 Å². The second-order valence-electron chi connectivity index (χ2n) is 5.81. The lowest BCUT2D eigenvalue weighted by atomic mass is 10.1. The van der Waals surface area contributed by atoms with Crippen molar-refractivity contribution >= 4 is 65.4 Å². The van der Waals surface area contributed by atoms with Gasteiger partial charge in [0.05, 0.1) is 15.2 Å². The summed E-state index contributed by atoms with van der Waals surface area (Å²) < 4.78 is 33.8. The molecule has 0 spiro atoms. The Hall–Kier alpha value is -1.95. The molecule has 1 aliphatic rings. The average Bonchev–Trinajstić information content (AvgIpc) is 3.30. The fraction of sp³-hybridized carbons (Fsp3) is 0.176. The third-order valence-corrected chi connectivity index (χ3v) is 8.39. The largest absolute Gasteiger partial charge is 0.482 e. The Kier molecular flexibility index (Phi) is 5.17. The van der Waals surface area contributed by atoms with Gasteiger partial charge in [-0.2, -0.15) is 0 Å². The summed E-state index contributed by atoms with van der Waals surface area (Å²) in [6, 6.07) is 8.69. The molecule has 0 saturated carbocycles. The summed E-state index contributed by atoms with van der Waals surface area (Å²) in [4.78, 5) is 18.1. The minimum atomic E-state index is -3.68. The summed E-state index contributed by atoms with van der Waals surface area (Å²) >= 11 is 5.59. The standard InChI is InChI=1S/C17H14BrN3O4S3/c1-2-21-12-7-10(3-4-13(12)25-8-15(21)22)11-9-26-17(19-11)20-28(23,24)16-6-5-14(18)27-16/h3-7,9H,2,8H2,1H3,(H,19,20). The number of hydrogen-bond donors (Lipinski definition) is 1. The van der Waals surface area contributed by atoms with E-state index in [0.29, 0.717) is 23.7 Å². The van der Waals surface area contributed by atoms with Gasteiger partial charge in [-0.15, -0.1) is 22.7 Å². The molecule has 3 aromatic rings. The number of rotatable bonds is 5. The zero-order chi connectivity index (χ0) is 19.9. The summed E-state index contributed by atoms with van der Waals surface area (Å²) in [5, 5.41) is 2.04. The van der Waals surface area contributed by atoms with Crippen molar-refractivity contribution in [2.45, 2.75) is 11.1 Å². The maximum Gasteiger partial charge on any atom is 0.273 e. The molecule has 0 fully saturated rings. The van der Waals surface area contributed by atoms with E-state index in [1.54, 1.807) is 22.4 Å². The minimum Gasteiger partial charge on any atom is -0.482 e. The van der Waals surface area contributed by atoms with Gasteiger partial charge in [0, 0.05) is 17.5 Å². The highest BCUT2D eigenvalue weighted by atomic mass is 79.9. The van der Waals surface area contributed by atoms with E-state index in [1.807, 2.05) is 19.1 Å². The fourth-order valence-electron chi connectivity index (χ4n) is 2.77. The summed E-state index contributed by atoms with van der Waals surface area (Å²) in [5.41, 5.74) is 2.08. The molecule has 146 valence electrons. The number of sulfonamides is 1. The molecular weight excluding hydrogens is 486 g/mol. The summed E-state index contributed by atoms with van der Waals surface area (Å²) in [6.07, 6.45) is 0. The molecule has 28 heavy (non-hydrogen) atoms. The van der Waals surface area contributed by atoms with Crippen molar-refractivity contribution in [3.8, 4) is 17.0 Å². The predicted octanol–water partition coefficient (Wildman–Crippen LogP) is 4.18.